The van der Waals surface area contributed by atoms with Gasteiger partial charge in [-0.3, -0.25) is 4.79 Å². The third-order valence-electron chi connectivity index (χ3n) is 4.63. The minimum atomic E-state index is -0.608. The molecule has 0 saturated heterocycles. The Kier molecular flexibility index (Phi) is 6.77. The van der Waals surface area contributed by atoms with Crippen molar-refractivity contribution in [3.05, 3.63) is 45.7 Å². The molecule has 3 rings (SSSR count). The summed E-state index contributed by atoms with van der Waals surface area (Å²) < 4.78 is 20.9. The molecule has 1 aliphatic heterocycles. The number of thiophene rings is 1. The molecule has 1 aliphatic rings. The molecule has 1 aromatic carbocycles. The summed E-state index contributed by atoms with van der Waals surface area (Å²) in [4.78, 5) is 27.4. The van der Waals surface area contributed by atoms with E-state index < -0.39 is 5.97 Å². The number of fused-ring (bicyclic) bond motifs is 1. The standard InChI is InChI=1S/C21H23NO6S/c1-25-16-11-18(27-3)17(26-2)10-14(16)4-5-21(24)28-13-20(23)22-8-6-19-15(12-22)7-9-29-19/h4-5,7,9-11H,6,8,12-13H2,1-3H3/b5-4+. The number of rotatable bonds is 7. The summed E-state index contributed by atoms with van der Waals surface area (Å²) in [5, 5.41) is 2.03. The number of carbonyl (C=O) groups excluding carboxylic acids is 2. The Balaban J connectivity index is 1.58. The average Bonchev–Trinajstić information content (AvgIpc) is 3.23. The van der Waals surface area contributed by atoms with E-state index in [1.165, 1.54) is 37.8 Å². The highest BCUT2D eigenvalue weighted by Gasteiger charge is 2.22. The first-order valence-electron chi connectivity index (χ1n) is 9.03. The van der Waals surface area contributed by atoms with Gasteiger partial charge in [0, 0.05) is 35.7 Å². The van der Waals surface area contributed by atoms with Crippen LogP contribution in [-0.2, 0) is 27.3 Å². The van der Waals surface area contributed by atoms with Crippen LogP contribution in [0.2, 0.25) is 0 Å². The van der Waals surface area contributed by atoms with Gasteiger partial charge >= 0.3 is 5.97 Å². The van der Waals surface area contributed by atoms with Crippen LogP contribution in [0.3, 0.4) is 0 Å². The molecule has 2 heterocycles. The van der Waals surface area contributed by atoms with Gasteiger partial charge in [0.05, 0.1) is 21.3 Å². The quantitative estimate of drug-likeness (QED) is 0.509. The summed E-state index contributed by atoms with van der Waals surface area (Å²) in [7, 11) is 4.58. The van der Waals surface area contributed by atoms with Crippen LogP contribution in [0.4, 0.5) is 0 Å². The minimum Gasteiger partial charge on any atom is -0.496 e. The normalized spacial score (nSPS) is 13.1. The fourth-order valence-corrected chi connectivity index (χ4v) is 3.96. The maximum absolute atomic E-state index is 12.3. The van der Waals surface area contributed by atoms with Gasteiger partial charge in [-0.15, -0.1) is 11.3 Å². The van der Waals surface area contributed by atoms with Crippen LogP contribution in [0.25, 0.3) is 6.08 Å². The third kappa shape index (κ3) is 4.89. The van der Waals surface area contributed by atoms with Gasteiger partial charge in [0.25, 0.3) is 5.91 Å². The average molecular weight is 417 g/mol. The summed E-state index contributed by atoms with van der Waals surface area (Å²) >= 11 is 1.71. The van der Waals surface area contributed by atoms with Gasteiger partial charge in [-0.1, -0.05) is 0 Å². The molecule has 0 aliphatic carbocycles. The van der Waals surface area contributed by atoms with Crippen molar-refractivity contribution in [3.63, 3.8) is 0 Å². The molecule has 0 spiro atoms. The lowest BCUT2D eigenvalue weighted by atomic mass is 10.1. The van der Waals surface area contributed by atoms with Gasteiger partial charge in [0.1, 0.15) is 5.75 Å². The van der Waals surface area contributed by atoms with Crippen molar-refractivity contribution in [2.75, 3.05) is 34.5 Å². The Morgan fingerprint density at radius 1 is 1.10 bits per heavy atom. The van der Waals surface area contributed by atoms with Gasteiger partial charge in [-0.25, -0.2) is 4.79 Å². The summed E-state index contributed by atoms with van der Waals surface area (Å²) in [6.07, 6.45) is 3.64. The molecule has 29 heavy (non-hydrogen) atoms. The van der Waals surface area contributed by atoms with Gasteiger partial charge in [-0.05, 0) is 35.6 Å². The highest BCUT2D eigenvalue weighted by molar-refractivity contribution is 7.10. The zero-order chi connectivity index (χ0) is 20.8. The number of ether oxygens (including phenoxy) is 4. The molecule has 1 aromatic heterocycles. The molecule has 0 saturated carbocycles. The van der Waals surface area contributed by atoms with E-state index in [-0.39, 0.29) is 12.5 Å². The third-order valence-corrected chi connectivity index (χ3v) is 5.66. The van der Waals surface area contributed by atoms with E-state index in [1.807, 2.05) is 11.4 Å². The zero-order valence-corrected chi connectivity index (χ0v) is 17.4. The molecule has 0 atom stereocenters. The lowest BCUT2D eigenvalue weighted by Gasteiger charge is -2.26. The molecule has 0 radical (unpaired) electrons. The number of amides is 1. The van der Waals surface area contributed by atoms with E-state index in [9.17, 15) is 9.59 Å². The number of hydrogen-bond acceptors (Lipinski definition) is 7. The molecule has 154 valence electrons. The highest BCUT2D eigenvalue weighted by atomic mass is 32.1. The molecule has 1 amide bonds. The summed E-state index contributed by atoms with van der Waals surface area (Å²) in [6, 6.07) is 5.39. The van der Waals surface area contributed by atoms with E-state index in [1.54, 1.807) is 34.4 Å². The topological polar surface area (TPSA) is 74.3 Å². The van der Waals surface area contributed by atoms with Crippen molar-refractivity contribution >= 4 is 29.3 Å². The minimum absolute atomic E-state index is 0.202. The lowest BCUT2D eigenvalue weighted by molar-refractivity contribution is -0.148. The number of hydrogen-bond donors (Lipinski definition) is 0. The van der Waals surface area contributed by atoms with E-state index in [0.29, 0.717) is 35.9 Å². The molecular weight excluding hydrogens is 394 g/mol. The molecule has 0 fully saturated rings. The molecule has 7 nitrogen and oxygen atoms in total. The molecular formula is C21H23NO6S. The molecule has 8 heteroatoms. The maximum atomic E-state index is 12.3. The predicted octanol–water partition coefficient (Wildman–Crippen LogP) is 2.92. The van der Waals surface area contributed by atoms with Gasteiger partial charge in [0.15, 0.2) is 18.1 Å². The van der Waals surface area contributed by atoms with Crippen molar-refractivity contribution in [1.29, 1.82) is 0 Å². The monoisotopic (exact) mass is 417 g/mol. The zero-order valence-electron chi connectivity index (χ0n) is 16.6. The van der Waals surface area contributed by atoms with E-state index in [4.69, 9.17) is 18.9 Å². The van der Waals surface area contributed by atoms with Gasteiger partial charge in [-0.2, -0.15) is 0 Å². The Labute approximate surface area is 173 Å². The van der Waals surface area contributed by atoms with Gasteiger partial charge in [0.2, 0.25) is 0 Å². The van der Waals surface area contributed by atoms with Crippen molar-refractivity contribution in [2.24, 2.45) is 0 Å². The van der Waals surface area contributed by atoms with Crippen LogP contribution in [0, 0.1) is 0 Å². The van der Waals surface area contributed by atoms with Crippen LogP contribution < -0.4 is 14.2 Å². The number of carbonyl (C=O) groups is 2. The van der Waals surface area contributed by atoms with E-state index in [2.05, 4.69) is 0 Å². The SMILES string of the molecule is COc1cc(OC)c(OC)cc1/C=C/C(=O)OCC(=O)N1CCc2sccc2C1. The van der Waals surface area contributed by atoms with Gasteiger partial charge < -0.3 is 23.8 Å². The second-order valence-electron chi connectivity index (χ2n) is 6.32. The largest absolute Gasteiger partial charge is 0.496 e. The van der Waals surface area contributed by atoms with Crippen LogP contribution in [-0.4, -0.2) is 51.3 Å². The Hall–Kier alpha value is -3.00. The van der Waals surface area contributed by atoms with E-state index >= 15 is 0 Å². The lowest BCUT2D eigenvalue weighted by Crippen LogP contribution is -2.38. The first-order valence-corrected chi connectivity index (χ1v) is 9.91. The molecule has 0 bridgehead atoms. The Bertz CT molecular complexity index is 920. The Morgan fingerprint density at radius 3 is 2.55 bits per heavy atom. The fourth-order valence-electron chi connectivity index (χ4n) is 3.07. The predicted molar refractivity (Wildman–Crippen MR) is 110 cm³/mol. The second-order valence-corrected chi connectivity index (χ2v) is 7.33. The number of esters is 1. The molecule has 0 unspecified atom stereocenters. The first kappa shape index (κ1) is 20.7. The van der Waals surface area contributed by atoms with Crippen LogP contribution >= 0.6 is 11.3 Å². The van der Waals surface area contributed by atoms with Crippen molar-refractivity contribution < 1.29 is 28.5 Å². The molecule has 2 aromatic rings. The van der Waals surface area contributed by atoms with Crippen LogP contribution in [0.1, 0.15) is 16.0 Å². The summed E-state index contributed by atoms with van der Waals surface area (Å²) in [5.74, 6) is 0.734. The molecule has 0 N–H and O–H groups in total. The van der Waals surface area contributed by atoms with Crippen molar-refractivity contribution in [2.45, 2.75) is 13.0 Å². The summed E-state index contributed by atoms with van der Waals surface area (Å²) in [5.41, 5.74) is 1.79. The van der Waals surface area contributed by atoms with Crippen LogP contribution in [0.5, 0.6) is 17.2 Å². The Morgan fingerprint density at radius 2 is 1.83 bits per heavy atom. The number of methoxy groups -OCH3 is 3. The first-order chi connectivity index (χ1) is 14.0. The van der Waals surface area contributed by atoms with Crippen molar-refractivity contribution in [1.82, 2.24) is 4.90 Å². The second kappa shape index (κ2) is 9.47. The van der Waals surface area contributed by atoms with E-state index in [0.717, 1.165) is 6.42 Å². The fraction of sp³-hybridized carbons (Fsp3) is 0.333. The van der Waals surface area contributed by atoms with Crippen LogP contribution in [0.15, 0.2) is 29.7 Å². The van der Waals surface area contributed by atoms with Crippen molar-refractivity contribution in [3.8, 4) is 17.2 Å². The summed E-state index contributed by atoms with van der Waals surface area (Å²) in [6.45, 7) is 0.919. The number of nitrogens with zero attached hydrogens (tertiary/aromatic N) is 1. The highest BCUT2D eigenvalue weighted by Crippen LogP contribution is 2.35. The smallest absolute Gasteiger partial charge is 0.331 e. The maximum Gasteiger partial charge on any atom is 0.331 e. The number of benzene rings is 1.